The first-order valence-electron chi connectivity index (χ1n) is 6.39. The maximum absolute atomic E-state index is 12.1. The van der Waals surface area contributed by atoms with Crippen LogP contribution in [0.4, 0.5) is 0 Å². The molecule has 6 heteroatoms. The van der Waals surface area contributed by atoms with Crippen LogP contribution in [0.1, 0.15) is 27.0 Å². The number of carbonyl (C=O) groups is 1. The normalized spacial score (nSPS) is 10.4. The molecule has 110 valence electrons. The summed E-state index contributed by atoms with van der Waals surface area (Å²) >= 11 is 0. The molecule has 2 aromatic rings. The molecule has 2 rings (SSSR count). The van der Waals surface area contributed by atoms with Gasteiger partial charge in [0.2, 0.25) is 0 Å². The van der Waals surface area contributed by atoms with Crippen molar-refractivity contribution in [1.82, 2.24) is 10.3 Å². The van der Waals surface area contributed by atoms with Crippen molar-refractivity contribution in [1.29, 1.82) is 0 Å². The molecular weight excluding hydrogens is 272 g/mol. The fraction of sp³-hybridized carbons (Fsp3) is 0.200. The second-order valence-electron chi connectivity index (χ2n) is 4.50. The number of hydrogen-bond donors (Lipinski definition) is 4. The number of pyridine rings is 1. The number of nitrogens with one attached hydrogen (secondary N) is 1. The third-order valence-corrected chi connectivity index (χ3v) is 3.05. The molecular formula is C15H16N2O4. The van der Waals surface area contributed by atoms with Crippen LogP contribution in [-0.2, 0) is 19.8 Å². The van der Waals surface area contributed by atoms with E-state index in [1.807, 2.05) is 6.07 Å². The number of amides is 1. The maximum Gasteiger partial charge on any atom is 0.251 e. The van der Waals surface area contributed by atoms with Gasteiger partial charge in [-0.2, -0.15) is 0 Å². The summed E-state index contributed by atoms with van der Waals surface area (Å²) in [6, 6.07) is 6.40. The Labute approximate surface area is 121 Å². The molecule has 6 nitrogen and oxygen atoms in total. The monoisotopic (exact) mass is 288 g/mol. The van der Waals surface area contributed by atoms with E-state index in [0.717, 1.165) is 5.56 Å². The molecule has 21 heavy (non-hydrogen) atoms. The summed E-state index contributed by atoms with van der Waals surface area (Å²) in [5, 5.41) is 30.8. The molecule has 0 saturated carbocycles. The summed E-state index contributed by atoms with van der Waals surface area (Å²) in [6.07, 6.45) is 3.29. The van der Waals surface area contributed by atoms with Crippen molar-refractivity contribution in [3.63, 3.8) is 0 Å². The minimum atomic E-state index is -0.414. The predicted molar refractivity (Wildman–Crippen MR) is 75.4 cm³/mol. The van der Waals surface area contributed by atoms with Crippen LogP contribution in [0.15, 0.2) is 36.7 Å². The first-order valence-corrected chi connectivity index (χ1v) is 6.39. The quantitative estimate of drug-likeness (QED) is 0.648. The summed E-state index contributed by atoms with van der Waals surface area (Å²) in [5.74, 6) is -0.549. The number of aliphatic hydroxyl groups excluding tert-OH is 2. The second-order valence-corrected chi connectivity index (χ2v) is 4.50. The Balaban J connectivity index is 2.15. The van der Waals surface area contributed by atoms with Crippen molar-refractivity contribution in [3.05, 3.63) is 58.9 Å². The van der Waals surface area contributed by atoms with Crippen LogP contribution in [0.2, 0.25) is 0 Å². The van der Waals surface area contributed by atoms with Crippen LogP contribution in [0, 0.1) is 0 Å². The molecule has 0 saturated heterocycles. The van der Waals surface area contributed by atoms with Gasteiger partial charge in [0, 0.05) is 35.6 Å². The first kappa shape index (κ1) is 15.0. The largest absolute Gasteiger partial charge is 0.507 e. The van der Waals surface area contributed by atoms with Crippen molar-refractivity contribution in [2.24, 2.45) is 0 Å². The minimum absolute atomic E-state index is 0.191. The van der Waals surface area contributed by atoms with E-state index in [0.29, 0.717) is 6.54 Å². The standard InChI is InChI=1S/C15H16N2O4/c18-8-12-4-11(5-13(9-19)14(12)20)15(21)17-7-10-2-1-3-16-6-10/h1-6,18-20H,7-9H2,(H,17,21). The second kappa shape index (κ2) is 6.83. The van der Waals surface area contributed by atoms with E-state index in [2.05, 4.69) is 10.3 Å². The van der Waals surface area contributed by atoms with Gasteiger partial charge >= 0.3 is 0 Å². The van der Waals surface area contributed by atoms with Crippen LogP contribution >= 0.6 is 0 Å². The Hall–Kier alpha value is -2.44. The molecule has 0 fully saturated rings. The molecule has 4 N–H and O–H groups in total. The van der Waals surface area contributed by atoms with E-state index in [1.54, 1.807) is 18.5 Å². The lowest BCUT2D eigenvalue weighted by Gasteiger charge is -2.11. The first-order chi connectivity index (χ1) is 10.2. The molecule has 1 amide bonds. The maximum atomic E-state index is 12.1. The molecule has 0 radical (unpaired) electrons. The lowest BCUT2D eigenvalue weighted by molar-refractivity contribution is 0.0950. The average molecular weight is 288 g/mol. The Morgan fingerprint density at radius 3 is 2.38 bits per heavy atom. The number of aromatic hydroxyl groups is 1. The number of aliphatic hydroxyl groups is 2. The van der Waals surface area contributed by atoms with Gasteiger partial charge < -0.3 is 20.6 Å². The van der Waals surface area contributed by atoms with Crippen LogP contribution in [-0.4, -0.2) is 26.2 Å². The third kappa shape index (κ3) is 3.56. The summed E-state index contributed by atoms with van der Waals surface area (Å²) < 4.78 is 0. The van der Waals surface area contributed by atoms with E-state index in [1.165, 1.54) is 12.1 Å². The summed E-state index contributed by atoms with van der Waals surface area (Å²) in [4.78, 5) is 16.0. The topological polar surface area (TPSA) is 103 Å². The highest BCUT2D eigenvalue weighted by Crippen LogP contribution is 2.25. The van der Waals surface area contributed by atoms with Crippen molar-refractivity contribution in [2.75, 3.05) is 0 Å². The number of nitrogens with zero attached hydrogens (tertiary/aromatic N) is 1. The molecule has 0 aliphatic rings. The van der Waals surface area contributed by atoms with E-state index >= 15 is 0 Å². The molecule has 0 bridgehead atoms. The Bertz CT molecular complexity index is 604. The molecule has 0 aliphatic heterocycles. The Kier molecular flexibility index (Phi) is 4.86. The number of carbonyl (C=O) groups excluding carboxylic acids is 1. The summed E-state index contributed by atoms with van der Waals surface area (Å²) in [7, 11) is 0. The number of benzene rings is 1. The van der Waals surface area contributed by atoms with Crippen LogP contribution in [0.3, 0.4) is 0 Å². The van der Waals surface area contributed by atoms with Crippen molar-refractivity contribution in [2.45, 2.75) is 19.8 Å². The highest BCUT2D eigenvalue weighted by Gasteiger charge is 2.13. The van der Waals surface area contributed by atoms with Gasteiger partial charge in [-0.25, -0.2) is 0 Å². The number of aromatic nitrogens is 1. The van der Waals surface area contributed by atoms with Gasteiger partial charge in [0.25, 0.3) is 5.91 Å². The zero-order valence-corrected chi connectivity index (χ0v) is 11.3. The summed E-state index contributed by atoms with van der Waals surface area (Å²) in [5.41, 5.74) is 1.53. The molecule has 0 aliphatic carbocycles. The fourth-order valence-corrected chi connectivity index (χ4v) is 1.92. The molecule has 0 unspecified atom stereocenters. The van der Waals surface area contributed by atoms with E-state index in [-0.39, 0.29) is 28.3 Å². The van der Waals surface area contributed by atoms with Gasteiger partial charge in [-0.15, -0.1) is 0 Å². The van der Waals surface area contributed by atoms with Crippen LogP contribution in [0.5, 0.6) is 5.75 Å². The van der Waals surface area contributed by atoms with Crippen LogP contribution < -0.4 is 5.32 Å². The van der Waals surface area contributed by atoms with Crippen molar-refractivity contribution < 1.29 is 20.1 Å². The Morgan fingerprint density at radius 1 is 1.19 bits per heavy atom. The van der Waals surface area contributed by atoms with Gasteiger partial charge in [0.1, 0.15) is 5.75 Å². The number of rotatable bonds is 5. The molecule has 1 aromatic heterocycles. The van der Waals surface area contributed by atoms with Gasteiger partial charge in [0.15, 0.2) is 0 Å². The number of phenols is 1. The molecule has 0 spiro atoms. The van der Waals surface area contributed by atoms with Gasteiger partial charge in [-0.3, -0.25) is 9.78 Å². The average Bonchev–Trinajstić information content (AvgIpc) is 2.53. The minimum Gasteiger partial charge on any atom is -0.507 e. The van der Waals surface area contributed by atoms with E-state index in [9.17, 15) is 20.1 Å². The van der Waals surface area contributed by atoms with Crippen molar-refractivity contribution in [3.8, 4) is 5.75 Å². The predicted octanol–water partition coefficient (Wildman–Crippen LogP) is 0.702. The van der Waals surface area contributed by atoms with E-state index in [4.69, 9.17) is 0 Å². The van der Waals surface area contributed by atoms with Crippen molar-refractivity contribution >= 4 is 5.91 Å². The van der Waals surface area contributed by atoms with Crippen LogP contribution in [0.25, 0.3) is 0 Å². The lowest BCUT2D eigenvalue weighted by Crippen LogP contribution is -2.23. The van der Waals surface area contributed by atoms with E-state index < -0.39 is 13.2 Å². The van der Waals surface area contributed by atoms with Gasteiger partial charge in [-0.05, 0) is 23.8 Å². The highest BCUT2D eigenvalue weighted by molar-refractivity contribution is 5.94. The smallest absolute Gasteiger partial charge is 0.251 e. The number of hydrogen-bond acceptors (Lipinski definition) is 5. The third-order valence-electron chi connectivity index (χ3n) is 3.05. The zero-order valence-electron chi connectivity index (χ0n) is 11.3. The molecule has 0 atom stereocenters. The van der Waals surface area contributed by atoms with Gasteiger partial charge in [-0.1, -0.05) is 6.07 Å². The Morgan fingerprint density at radius 2 is 1.86 bits per heavy atom. The molecule has 1 aromatic carbocycles. The lowest BCUT2D eigenvalue weighted by atomic mass is 10.0. The fourth-order valence-electron chi connectivity index (χ4n) is 1.92. The highest BCUT2D eigenvalue weighted by atomic mass is 16.3. The molecule has 1 heterocycles. The zero-order chi connectivity index (χ0) is 15.2. The summed E-state index contributed by atoms with van der Waals surface area (Å²) in [6.45, 7) is -0.512. The SMILES string of the molecule is O=C(NCc1cccnc1)c1cc(CO)c(O)c(CO)c1. The van der Waals surface area contributed by atoms with Gasteiger partial charge in [0.05, 0.1) is 13.2 Å².